The van der Waals surface area contributed by atoms with Crippen molar-refractivity contribution in [3.05, 3.63) is 65.2 Å². The smallest absolute Gasteiger partial charge is 0.166 e. The SMILES string of the molecule is C[C@]12CCC3=CC4=C(CC(CN)CC4=O)O[C@H]3[C@@H]1CC(=O)[C@@H]2c1ccc2ccncc2c1. The van der Waals surface area contributed by atoms with Gasteiger partial charge in [-0.1, -0.05) is 19.1 Å². The Hall–Kier alpha value is -2.79. The number of nitrogens with zero attached hydrogens (tertiary/aromatic N) is 1. The molecule has 5 nitrogen and oxygen atoms in total. The van der Waals surface area contributed by atoms with Crippen LogP contribution in [0.1, 0.15) is 50.5 Å². The minimum atomic E-state index is -0.168. The van der Waals surface area contributed by atoms with Gasteiger partial charge in [0.2, 0.25) is 0 Å². The fraction of sp³-hybridized carbons (Fsp3) is 0.444. The quantitative estimate of drug-likeness (QED) is 0.774. The normalized spacial score (nSPS) is 34.0. The number of carbonyl (C=O) groups is 2. The van der Waals surface area contributed by atoms with Crippen molar-refractivity contribution in [3.63, 3.8) is 0 Å². The average Bonchev–Trinajstić information content (AvgIpc) is 3.08. The van der Waals surface area contributed by atoms with Crippen LogP contribution in [0, 0.1) is 17.3 Å². The highest BCUT2D eigenvalue weighted by molar-refractivity contribution is 6.00. The topological polar surface area (TPSA) is 82.3 Å². The number of ether oxygens (including phenoxy) is 1. The molecule has 1 unspecified atom stereocenters. The Kier molecular flexibility index (Phi) is 4.41. The van der Waals surface area contributed by atoms with Crippen molar-refractivity contribution in [1.29, 1.82) is 0 Å². The first-order chi connectivity index (χ1) is 15.5. The van der Waals surface area contributed by atoms with Gasteiger partial charge in [-0.3, -0.25) is 14.6 Å². The van der Waals surface area contributed by atoms with Crippen LogP contribution in [0.15, 0.2) is 59.6 Å². The molecule has 0 radical (unpaired) electrons. The lowest BCUT2D eigenvalue weighted by atomic mass is 9.61. The molecular weight excluding hydrogens is 400 g/mol. The molecule has 0 bridgehead atoms. The fourth-order valence-corrected chi connectivity index (χ4v) is 6.66. The van der Waals surface area contributed by atoms with Crippen LogP contribution in [0.2, 0.25) is 0 Å². The first kappa shape index (κ1) is 19.9. The zero-order chi connectivity index (χ0) is 22.0. The maximum atomic E-state index is 13.4. The molecule has 5 heteroatoms. The molecule has 2 fully saturated rings. The molecule has 164 valence electrons. The summed E-state index contributed by atoms with van der Waals surface area (Å²) in [5, 5.41) is 2.20. The number of allylic oxidation sites excluding steroid dienone is 3. The minimum absolute atomic E-state index is 0.118. The lowest BCUT2D eigenvalue weighted by Crippen LogP contribution is -2.44. The summed E-state index contributed by atoms with van der Waals surface area (Å²) in [6.07, 6.45) is 9.15. The largest absolute Gasteiger partial charge is 0.489 e. The number of pyridine rings is 1. The van der Waals surface area contributed by atoms with Crippen molar-refractivity contribution in [2.24, 2.45) is 23.0 Å². The van der Waals surface area contributed by atoms with Crippen molar-refractivity contribution in [1.82, 2.24) is 4.98 Å². The third kappa shape index (κ3) is 2.83. The van der Waals surface area contributed by atoms with Crippen LogP contribution >= 0.6 is 0 Å². The van der Waals surface area contributed by atoms with Crippen LogP contribution in [0.3, 0.4) is 0 Å². The van der Waals surface area contributed by atoms with E-state index in [9.17, 15) is 9.59 Å². The van der Waals surface area contributed by atoms with Crippen LogP contribution in [-0.2, 0) is 14.3 Å². The minimum Gasteiger partial charge on any atom is -0.489 e. The zero-order valence-corrected chi connectivity index (χ0v) is 18.3. The van der Waals surface area contributed by atoms with E-state index in [1.54, 1.807) is 6.20 Å². The Labute approximate surface area is 187 Å². The number of ketones is 2. The molecule has 0 spiro atoms. The van der Waals surface area contributed by atoms with Crippen molar-refractivity contribution in [3.8, 4) is 0 Å². The van der Waals surface area contributed by atoms with E-state index in [4.69, 9.17) is 10.5 Å². The van der Waals surface area contributed by atoms with Crippen LogP contribution in [0.5, 0.6) is 0 Å². The number of nitrogens with two attached hydrogens (primary N) is 1. The summed E-state index contributed by atoms with van der Waals surface area (Å²) in [5.41, 5.74) is 8.71. The van der Waals surface area contributed by atoms with E-state index in [-0.39, 0.29) is 35.1 Å². The lowest BCUT2D eigenvalue weighted by molar-refractivity contribution is -0.120. The van der Waals surface area contributed by atoms with Crippen LogP contribution in [0.25, 0.3) is 10.8 Å². The second-order valence-corrected chi connectivity index (χ2v) is 10.2. The number of hydrogen-bond donors (Lipinski definition) is 1. The molecule has 2 N–H and O–H groups in total. The second-order valence-electron chi connectivity index (χ2n) is 10.2. The van der Waals surface area contributed by atoms with Gasteiger partial charge >= 0.3 is 0 Å². The van der Waals surface area contributed by atoms with E-state index < -0.39 is 0 Å². The molecule has 1 aliphatic heterocycles. The molecule has 2 saturated carbocycles. The number of rotatable bonds is 2. The van der Waals surface area contributed by atoms with Gasteiger partial charge in [0.05, 0.1) is 5.57 Å². The molecular formula is C27H28N2O3. The van der Waals surface area contributed by atoms with Gasteiger partial charge < -0.3 is 10.5 Å². The predicted molar refractivity (Wildman–Crippen MR) is 122 cm³/mol. The Morgan fingerprint density at radius 2 is 2.03 bits per heavy atom. The molecule has 1 aromatic heterocycles. The standard InChI is InChI=1S/C27H28N2O3/c1-27-6-4-18-11-20-22(30)8-15(13-28)9-24(20)32-26(18)21(27)12-23(31)25(27)17-3-2-16-5-7-29-14-19(16)10-17/h2-3,5,7,10-11,14-15,21,25-26H,4,6,8-9,12-13,28H2,1H3/t15?,21-,25-,26+,27-/m0/s1. The van der Waals surface area contributed by atoms with Crippen LogP contribution < -0.4 is 5.73 Å². The second kappa shape index (κ2) is 7.11. The highest BCUT2D eigenvalue weighted by atomic mass is 16.5. The highest BCUT2D eigenvalue weighted by Crippen LogP contribution is 2.60. The summed E-state index contributed by atoms with van der Waals surface area (Å²) in [6.45, 7) is 2.76. The summed E-state index contributed by atoms with van der Waals surface area (Å²) in [7, 11) is 0. The average molecular weight is 429 g/mol. The fourth-order valence-electron chi connectivity index (χ4n) is 6.66. The van der Waals surface area contributed by atoms with E-state index >= 15 is 0 Å². The molecule has 1 aromatic carbocycles. The van der Waals surface area contributed by atoms with Gasteiger partial charge in [-0.25, -0.2) is 0 Å². The maximum Gasteiger partial charge on any atom is 0.166 e. The van der Waals surface area contributed by atoms with Crippen LogP contribution in [0.4, 0.5) is 0 Å². The number of Topliss-reactive ketones (excluding diaryl/α,β-unsaturated/α-hetero) is 2. The van der Waals surface area contributed by atoms with E-state index in [1.165, 1.54) is 5.57 Å². The van der Waals surface area contributed by atoms with Gasteiger partial charge in [0.25, 0.3) is 0 Å². The summed E-state index contributed by atoms with van der Waals surface area (Å²) in [5.74, 6) is 1.36. The van der Waals surface area contributed by atoms with Gasteiger partial charge in [-0.15, -0.1) is 0 Å². The lowest BCUT2D eigenvalue weighted by Gasteiger charge is -2.47. The van der Waals surface area contributed by atoms with E-state index in [0.717, 1.165) is 46.9 Å². The van der Waals surface area contributed by atoms with Crippen LogP contribution in [-0.4, -0.2) is 29.2 Å². The Morgan fingerprint density at radius 1 is 1.16 bits per heavy atom. The van der Waals surface area contributed by atoms with Gasteiger partial charge in [-0.05, 0) is 65.5 Å². The van der Waals surface area contributed by atoms with Crippen molar-refractivity contribution >= 4 is 22.3 Å². The molecule has 2 aromatic rings. The summed E-state index contributed by atoms with van der Waals surface area (Å²) in [6, 6.07) is 8.34. The summed E-state index contributed by atoms with van der Waals surface area (Å²) in [4.78, 5) is 30.3. The van der Waals surface area contributed by atoms with E-state index in [0.29, 0.717) is 25.2 Å². The number of hydrogen-bond acceptors (Lipinski definition) is 5. The Bertz CT molecular complexity index is 1210. The molecule has 0 saturated heterocycles. The Balaban J connectivity index is 1.36. The Morgan fingerprint density at radius 3 is 2.88 bits per heavy atom. The molecule has 2 heterocycles. The summed E-state index contributed by atoms with van der Waals surface area (Å²) < 4.78 is 6.55. The third-order valence-corrected chi connectivity index (χ3v) is 8.41. The summed E-state index contributed by atoms with van der Waals surface area (Å²) >= 11 is 0. The van der Waals surface area contributed by atoms with E-state index in [1.807, 2.05) is 12.3 Å². The highest BCUT2D eigenvalue weighted by Gasteiger charge is 2.58. The molecule has 0 amide bonds. The molecule has 32 heavy (non-hydrogen) atoms. The number of benzene rings is 1. The first-order valence-electron chi connectivity index (χ1n) is 11.7. The molecule has 6 rings (SSSR count). The van der Waals surface area contributed by atoms with Crippen molar-refractivity contribution in [2.45, 2.75) is 51.0 Å². The van der Waals surface area contributed by atoms with Gasteiger partial charge in [0.15, 0.2) is 5.78 Å². The molecule has 4 aliphatic rings. The molecule has 3 aliphatic carbocycles. The number of fused-ring (bicyclic) bond motifs is 4. The van der Waals surface area contributed by atoms with Crippen molar-refractivity contribution in [2.75, 3.05) is 6.54 Å². The van der Waals surface area contributed by atoms with Crippen molar-refractivity contribution < 1.29 is 14.3 Å². The van der Waals surface area contributed by atoms with Gasteiger partial charge in [0, 0.05) is 48.9 Å². The van der Waals surface area contributed by atoms with E-state index in [2.05, 4.69) is 36.2 Å². The third-order valence-electron chi connectivity index (χ3n) is 8.41. The zero-order valence-electron chi connectivity index (χ0n) is 18.3. The monoisotopic (exact) mass is 428 g/mol. The molecule has 5 atom stereocenters. The number of carbonyl (C=O) groups excluding carboxylic acids is 2. The van der Waals surface area contributed by atoms with Gasteiger partial charge in [0.1, 0.15) is 17.6 Å². The first-order valence-corrected chi connectivity index (χ1v) is 11.7. The predicted octanol–water partition coefficient (Wildman–Crippen LogP) is 4.22. The van der Waals surface area contributed by atoms with Gasteiger partial charge in [-0.2, -0.15) is 0 Å². The maximum absolute atomic E-state index is 13.4. The number of aromatic nitrogens is 1.